The van der Waals surface area contributed by atoms with Crippen LogP contribution < -0.4 is 4.74 Å². The summed E-state index contributed by atoms with van der Waals surface area (Å²) in [5.74, 6) is 0.471. The Labute approximate surface area is 97.1 Å². The summed E-state index contributed by atoms with van der Waals surface area (Å²) in [4.78, 5) is 4.08. The molecule has 0 fully saturated rings. The fourth-order valence-electron chi connectivity index (χ4n) is 1.48. The average Bonchev–Trinajstić information content (AvgIpc) is 2.29. The molecule has 0 N–H and O–H groups in total. The quantitative estimate of drug-likeness (QED) is 0.689. The molecule has 0 unspecified atom stereocenters. The molecule has 16 heavy (non-hydrogen) atoms. The van der Waals surface area contributed by atoms with E-state index in [0.29, 0.717) is 18.1 Å². The number of nitrogens with zero attached hydrogens (tertiary/aromatic N) is 2. The standard InChI is InChI=1S/C13H18N2O/c1-3-4-5-6-9-16-13-12(10-14)11(2)7-8-15-13/h7-8H,3-6,9H2,1-2H3. The van der Waals surface area contributed by atoms with E-state index in [4.69, 9.17) is 10.00 Å². The molecular formula is C13H18N2O. The number of aryl methyl sites for hydroxylation is 1. The number of ether oxygens (including phenoxy) is 1. The van der Waals surface area contributed by atoms with Crippen molar-refractivity contribution in [3.63, 3.8) is 0 Å². The van der Waals surface area contributed by atoms with Gasteiger partial charge in [-0.05, 0) is 25.0 Å². The fourth-order valence-corrected chi connectivity index (χ4v) is 1.48. The second-order valence-electron chi connectivity index (χ2n) is 3.83. The average molecular weight is 218 g/mol. The molecule has 1 rings (SSSR count). The van der Waals surface area contributed by atoms with Gasteiger partial charge >= 0.3 is 0 Å². The van der Waals surface area contributed by atoms with Crippen LogP contribution in [0.1, 0.15) is 43.7 Å². The van der Waals surface area contributed by atoms with Crippen LogP contribution in [0.3, 0.4) is 0 Å². The maximum atomic E-state index is 8.97. The van der Waals surface area contributed by atoms with E-state index in [2.05, 4.69) is 18.0 Å². The lowest BCUT2D eigenvalue weighted by Crippen LogP contribution is -2.02. The van der Waals surface area contributed by atoms with Gasteiger partial charge in [-0.1, -0.05) is 26.2 Å². The van der Waals surface area contributed by atoms with E-state index in [9.17, 15) is 0 Å². The Morgan fingerprint density at radius 2 is 2.19 bits per heavy atom. The smallest absolute Gasteiger partial charge is 0.231 e. The normalized spacial score (nSPS) is 9.81. The molecule has 0 saturated heterocycles. The minimum absolute atomic E-state index is 0.471. The van der Waals surface area contributed by atoms with Crippen LogP contribution in [0.15, 0.2) is 12.3 Å². The molecule has 1 heterocycles. The number of hydrogen-bond acceptors (Lipinski definition) is 3. The van der Waals surface area contributed by atoms with Crippen LogP contribution >= 0.6 is 0 Å². The van der Waals surface area contributed by atoms with Crippen molar-refractivity contribution in [2.45, 2.75) is 39.5 Å². The minimum Gasteiger partial charge on any atom is -0.477 e. The third-order valence-electron chi connectivity index (χ3n) is 2.47. The zero-order valence-electron chi connectivity index (χ0n) is 9.99. The van der Waals surface area contributed by atoms with Gasteiger partial charge in [-0.15, -0.1) is 0 Å². The molecule has 3 heteroatoms. The van der Waals surface area contributed by atoms with Gasteiger partial charge in [0.05, 0.1) is 6.61 Å². The lowest BCUT2D eigenvalue weighted by atomic mass is 10.2. The lowest BCUT2D eigenvalue weighted by Gasteiger charge is -2.07. The molecule has 0 amide bonds. The maximum absolute atomic E-state index is 8.97. The molecule has 0 radical (unpaired) electrons. The third-order valence-corrected chi connectivity index (χ3v) is 2.47. The van der Waals surface area contributed by atoms with Gasteiger partial charge in [0.1, 0.15) is 11.6 Å². The number of aromatic nitrogens is 1. The first-order valence-electron chi connectivity index (χ1n) is 5.78. The number of pyridine rings is 1. The second kappa shape index (κ2) is 6.84. The predicted octanol–water partition coefficient (Wildman–Crippen LogP) is 3.22. The lowest BCUT2D eigenvalue weighted by molar-refractivity contribution is 0.293. The molecule has 0 bridgehead atoms. The Hall–Kier alpha value is -1.56. The number of hydrogen-bond donors (Lipinski definition) is 0. The molecule has 0 aliphatic rings. The van der Waals surface area contributed by atoms with E-state index in [-0.39, 0.29) is 0 Å². The molecule has 86 valence electrons. The van der Waals surface area contributed by atoms with Crippen molar-refractivity contribution in [2.24, 2.45) is 0 Å². The monoisotopic (exact) mass is 218 g/mol. The van der Waals surface area contributed by atoms with Crippen molar-refractivity contribution < 1.29 is 4.74 Å². The summed E-state index contributed by atoms with van der Waals surface area (Å²) in [6.07, 6.45) is 6.32. The van der Waals surface area contributed by atoms with Crippen LogP contribution in [-0.2, 0) is 0 Å². The van der Waals surface area contributed by atoms with E-state index < -0.39 is 0 Å². The second-order valence-corrected chi connectivity index (χ2v) is 3.83. The molecule has 0 spiro atoms. The molecule has 0 aromatic carbocycles. The van der Waals surface area contributed by atoms with Gasteiger partial charge in [0, 0.05) is 6.20 Å². The summed E-state index contributed by atoms with van der Waals surface area (Å²) in [6, 6.07) is 3.95. The SMILES string of the molecule is CCCCCCOc1nccc(C)c1C#N. The molecule has 0 aliphatic carbocycles. The topological polar surface area (TPSA) is 45.9 Å². The molecule has 1 aromatic heterocycles. The van der Waals surface area contributed by atoms with Gasteiger partial charge in [-0.2, -0.15) is 5.26 Å². The van der Waals surface area contributed by atoms with Gasteiger partial charge in [-0.25, -0.2) is 4.98 Å². The molecular weight excluding hydrogens is 200 g/mol. The van der Waals surface area contributed by atoms with Crippen LogP contribution in [-0.4, -0.2) is 11.6 Å². The van der Waals surface area contributed by atoms with Crippen molar-refractivity contribution in [3.05, 3.63) is 23.4 Å². The summed E-state index contributed by atoms with van der Waals surface area (Å²) in [7, 11) is 0. The van der Waals surface area contributed by atoms with Crippen molar-refractivity contribution >= 4 is 0 Å². The van der Waals surface area contributed by atoms with E-state index in [1.54, 1.807) is 6.20 Å². The van der Waals surface area contributed by atoms with Crippen molar-refractivity contribution in [2.75, 3.05) is 6.61 Å². The number of unbranched alkanes of at least 4 members (excludes halogenated alkanes) is 3. The Bertz CT molecular complexity index is 369. The Morgan fingerprint density at radius 1 is 1.38 bits per heavy atom. The fraction of sp³-hybridized carbons (Fsp3) is 0.538. The Balaban J connectivity index is 2.48. The van der Waals surface area contributed by atoms with Gasteiger partial charge in [-0.3, -0.25) is 0 Å². The summed E-state index contributed by atoms with van der Waals surface area (Å²) >= 11 is 0. The highest BCUT2D eigenvalue weighted by Crippen LogP contribution is 2.17. The van der Waals surface area contributed by atoms with Crippen LogP contribution in [0.4, 0.5) is 0 Å². The van der Waals surface area contributed by atoms with E-state index >= 15 is 0 Å². The van der Waals surface area contributed by atoms with Crippen molar-refractivity contribution in [1.29, 1.82) is 5.26 Å². The van der Waals surface area contributed by atoms with E-state index in [1.165, 1.54) is 19.3 Å². The van der Waals surface area contributed by atoms with Crippen LogP contribution in [0, 0.1) is 18.3 Å². The maximum Gasteiger partial charge on any atom is 0.231 e. The molecule has 0 aliphatic heterocycles. The van der Waals surface area contributed by atoms with Gasteiger partial charge in [0.25, 0.3) is 0 Å². The zero-order chi connectivity index (χ0) is 11.8. The molecule has 0 saturated carbocycles. The summed E-state index contributed by atoms with van der Waals surface area (Å²) < 4.78 is 5.52. The predicted molar refractivity (Wildman–Crippen MR) is 63.3 cm³/mol. The summed E-state index contributed by atoms with van der Waals surface area (Å²) in [5.41, 5.74) is 1.47. The van der Waals surface area contributed by atoms with Crippen molar-refractivity contribution in [1.82, 2.24) is 4.98 Å². The van der Waals surface area contributed by atoms with Crippen LogP contribution in [0.5, 0.6) is 5.88 Å². The molecule has 3 nitrogen and oxygen atoms in total. The first-order valence-corrected chi connectivity index (χ1v) is 5.78. The van der Waals surface area contributed by atoms with Crippen LogP contribution in [0.2, 0.25) is 0 Å². The first-order chi connectivity index (χ1) is 7.79. The largest absolute Gasteiger partial charge is 0.477 e. The molecule has 1 aromatic rings. The van der Waals surface area contributed by atoms with Crippen LogP contribution in [0.25, 0.3) is 0 Å². The third kappa shape index (κ3) is 3.54. The Kier molecular flexibility index (Phi) is 5.35. The summed E-state index contributed by atoms with van der Waals surface area (Å²) in [6.45, 7) is 4.71. The number of nitriles is 1. The summed E-state index contributed by atoms with van der Waals surface area (Å²) in [5, 5.41) is 8.97. The van der Waals surface area contributed by atoms with Gasteiger partial charge in [0.2, 0.25) is 5.88 Å². The van der Waals surface area contributed by atoms with E-state index in [1.807, 2.05) is 13.0 Å². The Morgan fingerprint density at radius 3 is 2.88 bits per heavy atom. The highest BCUT2D eigenvalue weighted by molar-refractivity contribution is 5.43. The van der Waals surface area contributed by atoms with E-state index in [0.717, 1.165) is 12.0 Å². The first kappa shape index (κ1) is 12.5. The minimum atomic E-state index is 0.471. The van der Waals surface area contributed by atoms with Crippen molar-refractivity contribution in [3.8, 4) is 11.9 Å². The highest BCUT2D eigenvalue weighted by atomic mass is 16.5. The molecule has 0 atom stereocenters. The zero-order valence-corrected chi connectivity index (χ0v) is 9.99. The van der Waals surface area contributed by atoms with Gasteiger partial charge < -0.3 is 4.74 Å². The van der Waals surface area contributed by atoms with Gasteiger partial charge in [0.15, 0.2) is 0 Å². The number of rotatable bonds is 6. The highest BCUT2D eigenvalue weighted by Gasteiger charge is 2.06.